The average molecular weight is 1090 g/mol. The molecule has 0 aliphatic rings. The molecule has 0 bridgehead atoms. The van der Waals surface area contributed by atoms with Crippen LogP contribution in [0.15, 0.2) is 131 Å². The molecule has 0 saturated heterocycles. The summed E-state index contributed by atoms with van der Waals surface area (Å²) in [6.45, 7) is 49.1. The van der Waals surface area contributed by atoms with E-state index in [0.29, 0.717) is 23.7 Å². The van der Waals surface area contributed by atoms with E-state index in [9.17, 15) is 9.59 Å². The highest BCUT2D eigenvalue weighted by Gasteiger charge is 2.12. The number of ether oxygens (including phenoxy) is 2. The zero-order chi connectivity index (χ0) is 53.8. The number of rotatable bonds is 6. The predicted molar refractivity (Wildman–Crippen MR) is 361 cm³/mol. The number of methoxy groups -OCH3 is 2. The molecule has 4 nitrogen and oxygen atoms in total. The fraction of sp³-hybridized carbons (Fsp3) is 0.618. The molecule has 0 fully saturated rings. The van der Waals surface area contributed by atoms with Gasteiger partial charge in [-0.2, -0.15) is 0 Å². The van der Waals surface area contributed by atoms with Crippen molar-refractivity contribution in [2.45, 2.75) is 248 Å². The molecule has 0 amide bonds. The number of para-hydroxylation sites is 2. The maximum Gasteiger partial charge on any atom is 0.130 e. The summed E-state index contributed by atoms with van der Waals surface area (Å²) in [6.07, 6.45) is 5.53. The summed E-state index contributed by atoms with van der Waals surface area (Å²) in [5.74, 6) is 2.37. The van der Waals surface area contributed by atoms with Crippen molar-refractivity contribution in [3.63, 3.8) is 0 Å². The second kappa shape index (κ2) is 78.4. The van der Waals surface area contributed by atoms with Gasteiger partial charge in [0.05, 0.1) is 14.2 Å². The molecule has 448 valence electrons. The van der Waals surface area contributed by atoms with Gasteiger partial charge in [0.1, 0.15) is 23.1 Å². The molecule has 74 heavy (non-hydrogen) atoms. The van der Waals surface area contributed by atoms with Crippen molar-refractivity contribution < 1.29 is 19.1 Å². The minimum absolute atomic E-state index is 0. The number of ketones is 2. The molecule has 0 radical (unpaired) electrons. The van der Waals surface area contributed by atoms with E-state index >= 15 is 0 Å². The molecule has 4 rings (SSSR count). The van der Waals surface area contributed by atoms with Crippen LogP contribution in [-0.2, 0) is 9.59 Å². The summed E-state index contributed by atoms with van der Waals surface area (Å²) in [5, 5.41) is 0. The summed E-state index contributed by atoms with van der Waals surface area (Å²) in [6, 6.07) is 40.0. The lowest BCUT2D eigenvalue weighted by molar-refractivity contribution is -0.119. The van der Waals surface area contributed by atoms with Gasteiger partial charge < -0.3 is 19.1 Å². The van der Waals surface area contributed by atoms with Crippen LogP contribution in [0, 0.1) is 21.7 Å². The van der Waals surface area contributed by atoms with E-state index in [1.165, 1.54) is 9.79 Å². The Kier molecular flexibility index (Phi) is 121. The van der Waals surface area contributed by atoms with Crippen molar-refractivity contribution in [1.29, 1.82) is 0 Å². The Bertz CT molecular complexity index is 1270. The highest BCUT2D eigenvalue weighted by molar-refractivity contribution is 7.98. The molecule has 0 unspecified atom stereocenters. The second-order valence-electron chi connectivity index (χ2n) is 18.9. The zero-order valence-electron chi connectivity index (χ0n) is 48.4. The Hall–Kier alpha value is -3.48. The van der Waals surface area contributed by atoms with Crippen LogP contribution in [0.1, 0.15) is 238 Å². The van der Waals surface area contributed by atoms with Gasteiger partial charge in [-0.25, -0.2) is 0 Å². The number of hydrogen-bond acceptors (Lipinski definition) is 6. The minimum atomic E-state index is 0. The quantitative estimate of drug-likeness (QED) is 0.179. The smallest absolute Gasteiger partial charge is 0.130 e. The lowest BCUT2D eigenvalue weighted by Gasteiger charge is -2.14. The Labute approximate surface area is 481 Å². The number of thioether (sulfide) groups is 2. The van der Waals surface area contributed by atoms with Gasteiger partial charge in [0.15, 0.2) is 0 Å². The van der Waals surface area contributed by atoms with E-state index in [2.05, 4.69) is 134 Å². The first-order chi connectivity index (χ1) is 30.6. The van der Waals surface area contributed by atoms with E-state index in [0.717, 1.165) is 11.5 Å². The van der Waals surface area contributed by atoms with Crippen molar-refractivity contribution in [3.05, 3.63) is 121 Å². The third-order valence-corrected chi connectivity index (χ3v) is 6.96. The molecule has 0 aliphatic carbocycles. The highest BCUT2D eigenvalue weighted by Crippen LogP contribution is 2.19. The van der Waals surface area contributed by atoms with E-state index in [4.69, 9.17) is 9.47 Å². The number of Topliss-reactive ketones (excluding diaryl/α,β-unsaturated/α-hetero) is 2. The lowest BCUT2D eigenvalue weighted by Crippen LogP contribution is -2.09. The molecule has 4 aromatic carbocycles. The standard InChI is InChI=1S/2C7H8O.2C7H14O.2C7H8S.2C5H12.4C2H6.8CH4/c2*1-8-7-5-3-2-4-6-7;2*1-6(8)5-7(2,3)4;2*1-8-7-5-3-2-4-6-7;2*1-5(2,3)4;4*1-2;;;;;;;;/h2*2-6H,1H3;2*5H2,1-4H3;2*2-6H,1H3;2*1-4H3;4*1-2H3;8*1H4. The predicted octanol–water partition coefficient (Wildman–Crippen LogP) is 25.5. The molecule has 4 aromatic rings. The first-order valence-electron chi connectivity index (χ1n) is 23.9. The monoisotopic (exact) mass is 1090 g/mol. The normalized spacial score (nSPS) is 8.27. The molecule has 0 N–H and O–H groups in total. The topological polar surface area (TPSA) is 52.6 Å². The summed E-state index contributed by atoms with van der Waals surface area (Å²) in [4.78, 5) is 23.6. The molecule has 0 aliphatic heterocycles. The maximum absolute atomic E-state index is 10.5. The fourth-order valence-electron chi connectivity index (χ4n) is 3.72. The summed E-state index contributed by atoms with van der Waals surface area (Å²) < 4.78 is 9.83. The SMILES string of the molecule is C.C.C.C.C.C.C.C.CC.CC.CC.CC.CC(=O)CC(C)(C)C.CC(=O)CC(C)(C)C.CC(C)(C)C.CC(C)(C)C.COc1ccccc1.COc1ccccc1.CSc1ccccc1.CSc1ccccc1. The van der Waals surface area contributed by atoms with Crippen LogP contribution >= 0.6 is 23.5 Å². The first kappa shape index (κ1) is 115. The first-order valence-corrected chi connectivity index (χ1v) is 26.4. The van der Waals surface area contributed by atoms with Gasteiger partial charge in [0, 0.05) is 22.6 Å². The van der Waals surface area contributed by atoms with Crippen LogP contribution in [0.5, 0.6) is 11.5 Å². The van der Waals surface area contributed by atoms with Crippen molar-refractivity contribution in [2.24, 2.45) is 21.7 Å². The van der Waals surface area contributed by atoms with E-state index < -0.39 is 0 Å². The number of hydrogen-bond donors (Lipinski definition) is 0. The van der Waals surface area contributed by atoms with Crippen molar-refractivity contribution in [1.82, 2.24) is 0 Å². The Morgan fingerprint density at radius 2 is 0.500 bits per heavy atom. The van der Waals surface area contributed by atoms with Crippen molar-refractivity contribution in [2.75, 3.05) is 26.7 Å². The van der Waals surface area contributed by atoms with E-state index in [-0.39, 0.29) is 81.8 Å². The number of carbonyl (C=O) groups is 2. The lowest BCUT2D eigenvalue weighted by atomic mass is 9.90. The van der Waals surface area contributed by atoms with Gasteiger partial charge in [0.25, 0.3) is 0 Å². The molecule has 0 aromatic heterocycles. The third-order valence-electron chi connectivity index (χ3n) is 5.47. The molecular formula is C68H140O4S2. The van der Waals surface area contributed by atoms with Gasteiger partial charge >= 0.3 is 0 Å². The van der Waals surface area contributed by atoms with Gasteiger partial charge in [0.2, 0.25) is 0 Å². The van der Waals surface area contributed by atoms with Gasteiger partial charge in [-0.15, -0.1) is 23.5 Å². The molecule has 0 atom stereocenters. The average Bonchev–Trinajstić information content (AvgIpc) is 3.26. The van der Waals surface area contributed by atoms with Crippen LogP contribution < -0.4 is 9.47 Å². The van der Waals surface area contributed by atoms with Crippen LogP contribution in [-0.4, -0.2) is 38.3 Å². The fourth-order valence-corrected chi connectivity index (χ4v) is 4.58. The summed E-state index contributed by atoms with van der Waals surface area (Å²) in [5.41, 5.74) is 1.34. The van der Waals surface area contributed by atoms with Crippen LogP contribution in [0.3, 0.4) is 0 Å². The molecular weight excluding hydrogens is 945 g/mol. The van der Waals surface area contributed by atoms with Crippen LogP contribution in [0.2, 0.25) is 0 Å². The van der Waals surface area contributed by atoms with E-state index in [1.54, 1.807) is 51.6 Å². The van der Waals surface area contributed by atoms with Crippen molar-refractivity contribution in [3.8, 4) is 11.5 Å². The van der Waals surface area contributed by atoms with E-state index in [1.807, 2.05) is 152 Å². The highest BCUT2D eigenvalue weighted by atomic mass is 32.2. The van der Waals surface area contributed by atoms with Gasteiger partial charge in [-0.1, -0.05) is 285 Å². The Morgan fingerprint density at radius 3 is 0.568 bits per heavy atom. The number of benzene rings is 4. The molecule has 0 saturated carbocycles. The molecule has 0 heterocycles. The van der Waals surface area contributed by atoms with Crippen LogP contribution in [0.25, 0.3) is 0 Å². The zero-order valence-corrected chi connectivity index (χ0v) is 50.0. The number of carbonyl (C=O) groups excluding carboxylic acids is 2. The third kappa shape index (κ3) is 144. The largest absolute Gasteiger partial charge is 0.497 e. The van der Waals surface area contributed by atoms with Gasteiger partial charge in [-0.05, 0) is 96.5 Å². The van der Waals surface area contributed by atoms with Crippen LogP contribution in [0.4, 0.5) is 0 Å². The Morgan fingerprint density at radius 1 is 0.351 bits per heavy atom. The van der Waals surface area contributed by atoms with Crippen molar-refractivity contribution >= 4 is 35.1 Å². The maximum atomic E-state index is 10.5. The minimum Gasteiger partial charge on any atom is -0.497 e. The summed E-state index contributed by atoms with van der Waals surface area (Å²) in [7, 11) is 3.32. The van der Waals surface area contributed by atoms with Gasteiger partial charge in [-0.3, -0.25) is 0 Å². The second-order valence-corrected chi connectivity index (χ2v) is 20.7. The Balaban J connectivity index is -0.0000000360. The molecule has 6 heteroatoms. The molecule has 0 spiro atoms. The summed E-state index contributed by atoms with van der Waals surface area (Å²) >= 11 is 3.54.